The van der Waals surface area contributed by atoms with E-state index in [4.69, 9.17) is 9.84 Å². The number of hydrogen-bond acceptors (Lipinski definition) is 4. The van der Waals surface area contributed by atoms with E-state index in [0.717, 1.165) is 6.08 Å². The fraction of sp³-hybridized carbons (Fsp3) is 0.357. The molecule has 0 aliphatic carbocycles. The maximum atomic E-state index is 12.3. The molecule has 1 aromatic rings. The maximum Gasteiger partial charge on any atom is 0.328 e. The van der Waals surface area contributed by atoms with E-state index in [1.807, 2.05) is 0 Å². The van der Waals surface area contributed by atoms with Crippen molar-refractivity contribution in [2.75, 3.05) is 13.2 Å². The molecule has 0 aromatic heterocycles. The normalized spacial score (nSPS) is 17.1. The van der Waals surface area contributed by atoms with Gasteiger partial charge in [-0.3, -0.25) is 0 Å². The van der Waals surface area contributed by atoms with Gasteiger partial charge in [0.25, 0.3) is 0 Å². The smallest absolute Gasteiger partial charge is 0.328 e. The number of ether oxygens (including phenoxy) is 1. The van der Waals surface area contributed by atoms with Crippen LogP contribution in [0.15, 0.2) is 35.2 Å². The summed E-state index contributed by atoms with van der Waals surface area (Å²) < 4.78 is 32.4. The minimum atomic E-state index is -3.61. The molecule has 0 amide bonds. The minimum absolute atomic E-state index is 0.123. The molecular weight excluding hydrogens is 294 g/mol. The number of rotatable bonds is 5. The number of aliphatic carboxylic acids is 1. The molecule has 0 unspecified atom stereocenters. The Kier molecular flexibility index (Phi) is 5.11. The third-order valence-corrected chi connectivity index (χ3v) is 4.65. The van der Waals surface area contributed by atoms with Crippen LogP contribution in [0.3, 0.4) is 0 Å². The van der Waals surface area contributed by atoms with Gasteiger partial charge < -0.3 is 9.84 Å². The number of hydrogen-bond donors (Lipinski definition) is 2. The second-order valence-electron chi connectivity index (χ2n) is 4.75. The molecule has 114 valence electrons. The van der Waals surface area contributed by atoms with E-state index in [-0.39, 0.29) is 10.9 Å². The number of carboxylic acids is 1. The molecule has 1 aliphatic heterocycles. The first kappa shape index (κ1) is 15.7. The average Bonchev–Trinajstić information content (AvgIpc) is 2.46. The van der Waals surface area contributed by atoms with Crippen molar-refractivity contribution in [1.82, 2.24) is 4.72 Å². The molecule has 1 aliphatic rings. The zero-order valence-electron chi connectivity index (χ0n) is 11.4. The highest BCUT2D eigenvalue weighted by atomic mass is 32.2. The summed E-state index contributed by atoms with van der Waals surface area (Å²) in [6.45, 7) is 1.10. The number of nitrogens with one attached hydrogen (secondary N) is 1. The van der Waals surface area contributed by atoms with E-state index in [1.54, 1.807) is 12.1 Å². The van der Waals surface area contributed by atoms with E-state index < -0.39 is 16.0 Å². The van der Waals surface area contributed by atoms with Crippen molar-refractivity contribution in [2.45, 2.75) is 23.8 Å². The zero-order chi connectivity index (χ0) is 15.3. The zero-order valence-corrected chi connectivity index (χ0v) is 12.2. The molecule has 1 saturated heterocycles. The lowest BCUT2D eigenvalue weighted by Gasteiger charge is -2.23. The molecule has 2 rings (SSSR count). The first-order chi connectivity index (χ1) is 9.97. The highest BCUT2D eigenvalue weighted by molar-refractivity contribution is 7.89. The lowest BCUT2D eigenvalue weighted by Crippen LogP contribution is -2.38. The van der Waals surface area contributed by atoms with Crippen LogP contribution >= 0.6 is 0 Å². The first-order valence-electron chi connectivity index (χ1n) is 6.58. The number of carboxylic acid groups (broad SMARTS) is 1. The second-order valence-corrected chi connectivity index (χ2v) is 6.47. The van der Waals surface area contributed by atoms with Gasteiger partial charge in [0.05, 0.1) is 4.90 Å². The van der Waals surface area contributed by atoms with Gasteiger partial charge in [0.15, 0.2) is 0 Å². The van der Waals surface area contributed by atoms with Gasteiger partial charge in [0, 0.05) is 25.3 Å². The Hall–Kier alpha value is -1.70. The fourth-order valence-corrected chi connectivity index (χ4v) is 3.42. The quantitative estimate of drug-likeness (QED) is 0.798. The summed E-state index contributed by atoms with van der Waals surface area (Å²) in [7, 11) is -3.61. The number of carbonyl (C=O) groups is 1. The molecule has 0 bridgehead atoms. The lowest BCUT2D eigenvalue weighted by molar-refractivity contribution is -0.131. The van der Waals surface area contributed by atoms with Crippen LogP contribution in [0.1, 0.15) is 18.4 Å². The molecule has 6 nitrogen and oxygen atoms in total. The van der Waals surface area contributed by atoms with Gasteiger partial charge in [-0.2, -0.15) is 0 Å². The van der Waals surface area contributed by atoms with Crippen LogP contribution in [-0.2, 0) is 19.6 Å². The molecule has 0 atom stereocenters. The fourth-order valence-electron chi connectivity index (χ4n) is 2.06. The number of sulfonamides is 1. The van der Waals surface area contributed by atoms with Crippen LogP contribution in [0.5, 0.6) is 0 Å². The average molecular weight is 311 g/mol. The monoisotopic (exact) mass is 311 g/mol. The van der Waals surface area contributed by atoms with Crippen LogP contribution < -0.4 is 4.72 Å². The number of benzene rings is 1. The summed E-state index contributed by atoms with van der Waals surface area (Å²) in [5.41, 5.74) is 0.521. The Morgan fingerprint density at radius 2 is 2.05 bits per heavy atom. The van der Waals surface area contributed by atoms with Crippen LogP contribution in [0.4, 0.5) is 0 Å². The minimum Gasteiger partial charge on any atom is -0.478 e. The van der Waals surface area contributed by atoms with E-state index in [1.165, 1.54) is 18.2 Å². The Balaban J connectivity index is 2.15. The van der Waals surface area contributed by atoms with Crippen molar-refractivity contribution in [2.24, 2.45) is 0 Å². The van der Waals surface area contributed by atoms with Crippen LogP contribution in [0.2, 0.25) is 0 Å². The molecule has 2 N–H and O–H groups in total. The summed E-state index contributed by atoms with van der Waals surface area (Å²) >= 11 is 0. The molecule has 0 radical (unpaired) electrons. The van der Waals surface area contributed by atoms with E-state index in [9.17, 15) is 13.2 Å². The molecule has 0 saturated carbocycles. The highest BCUT2D eigenvalue weighted by Crippen LogP contribution is 2.15. The van der Waals surface area contributed by atoms with Gasteiger partial charge in [-0.15, -0.1) is 0 Å². The molecular formula is C14H17NO5S. The third kappa shape index (κ3) is 4.66. The summed E-state index contributed by atoms with van der Waals surface area (Å²) in [4.78, 5) is 10.6. The Bertz CT molecular complexity index is 633. The Morgan fingerprint density at radius 1 is 1.33 bits per heavy atom. The lowest BCUT2D eigenvalue weighted by atomic mass is 10.1. The van der Waals surface area contributed by atoms with Gasteiger partial charge in [0.2, 0.25) is 10.0 Å². The molecule has 1 fully saturated rings. The predicted molar refractivity (Wildman–Crippen MR) is 77.3 cm³/mol. The van der Waals surface area contributed by atoms with Gasteiger partial charge in [-0.05, 0) is 36.6 Å². The van der Waals surface area contributed by atoms with Gasteiger partial charge in [-0.1, -0.05) is 12.1 Å². The van der Waals surface area contributed by atoms with Crippen molar-refractivity contribution in [3.05, 3.63) is 35.9 Å². The van der Waals surface area contributed by atoms with Gasteiger partial charge in [0.1, 0.15) is 0 Å². The van der Waals surface area contributed by atoms with Crippen molar-refractivity contribution in [3.8, 4) is 0 Å². The van der Waals surface area contributed by atoms with Crippen molar-refractivity contribution < 1.29 is 23.1 Å². The second kappa shape index (κ2) is 6.84. The summed E-state index contributed by atoms with van der Waals surface area (Å²) in [6, 6.07) is 6.04. The molecule has 21 heavy (non-hydrogen) atoms. The SMILES string of the molecule is O=C(O)C=Cc1cccc(S(=O)(=O)NC2CCOCC2)c1. The van der Waals surface area contributed by atoms with E-state index >= 15 is 0 Å². The highest BCUT2D eigenvalue weighted by Gasteiger charge is 2.22. The first-order valence-corrected chi connectivity index (χ1v) is 8.07. The topological polar surface area (TPSA) is 92.7 Å². The molecule has 0 spiro atoms. The van der Waals surface area contributed by atoms with Crippen molar-refractivity contribution >= 4 is 22.1 Å². The predicted octanol–water partition coefficient (Wildman–Crippen LogP) is 1.24. The standard InChI is InChI=1S/C14H17NO5S/c16-14(17)5-4-11-2-1-3-13(10-11)21(18,19)15-12-6-8-20-9-7-12/h1-5,10,12,15H,6-9H2,(H,16,17). The Morgan fingerprint density at radius 3 is 2.71 bits per heavy atom. The summed E-state index contributed by atoms with van der Waals surface area (Å²) in [6.07, 6.45) is 3.63. The van der Waals surface area contributed by atoms with Gasteiger partial charge in [-0.25, -0.2) is 17.9 Å². The van der Waals surface area contributed by atoms with Crippen LogP contribution in [0.25, 0.3) is 6.08 Å². The molecule has 7 heteroatoms. The van der Waals surface area contributed by atoms with Crippen LogP contribution in [0, 0.1) is 0 Å². The Labute approximate surface area is 123 Å². The summed E-state index contributed by atoms with van der Waals surface area (Å²) in [5.74, 6) is -1.08. The maximum absolute atomic E-state index is 12.3. The summed E-state index contributed by atoms with van der Waals surface area (Å²) in [5, 5.41) is 8.59. The largest absolute Gasteiger partial charge is 0.478 e. The van der Waals surface area contributed by atoms with Gasteiger partial charge >= 0.3 is 5.97 Å². The third-order valence-electron chi connectivity index (χ3n) is 3.13. The van der Waals surface area contributed by atoms with Crippen molar-refractivity contribution in [1.29, 1.82) is 0 Å². The molecule has 1 aromatic carbocycles. The van der Waals surface area contributed by atoms with Crippen molar-refractivity contribution in [3.63, 3.8) is 0 Å². The van der Waals surface area contributed by atoms with E-state index in [2.05, 4.69) is 4.72 Å². The molecule has 1 heterocycles. The van der Waals surface area contributed by atoms with E-state index in [0.29, 0.717) is 31.6 Å². The van der Waals surface area contributed by atoms with Crippen LogP contribution in [-0.4, -0.2) is 38.7 Å².